The van der Waals surface area contributed by atoms with E-state index in [0.717, 1.165) is 57.3 Å². The molecular formula is C17H27N3O. The Balaban J connectivity index is 1.76. The first kappa shape index (κ1) is 14.9. The van der Waals surface area contributed by atoms with Gasteiger partial charge in [-0.05, 0) is 63.6 Å². The molecule has 1 aliphatic carbocycles. The number of fused-ring (bicyclic) bond motifs is 1. The van der Waals surface area contributed by atoms with Gasteiger partial charge in [0.15, 0.2) is 0 Å². The van der Waals surface area contributed by atoms with Crippen LogP contribution in [0.2, 0.25) is 0 Å². The summed E-state index contributed by atoms with van der Waals surface area (Å²) in [5, 5.41) is 3.47. The van der Waals surface area contributed by atoms with Crippen LogP contribution in [0.1, 0.15) is 54.9 Å². The van der Waals surface area contributed by atoms with Gasteiger partial charge >= 0.3 is 0 Å². The van der Waals surface area contributed by atoms with Gasteiger partial charge in [-0.2, -0.15) is 0 Å². The number of hydrogen-bond acceptors (Lipinski definition) is 4. The van der Waals surface area contributed by atoms with E-state index >= 15 is 0 Å². The number of nitrogens with zero attached hydrogens (tertiary/aromatic N) is 2. The summed E-state index contributed by atoms with van der Waals surface area (Å²) in [5.41, 5.74) is 3.90. The Kier molecular flexibility index (Phi) is 4.86. The molecule has 21 heavy (non-hydrogen) atoms. The quantitative estimate of drug-likeness (QED) is 0.924. The minimum atomic E-state index is 0.405. The van der Waals surface area contributed by atoms with Crippen LogP contribution >= 0.6 is 0 Å². The normalized spacial score (nSPS) is 25.6. The van der Waals surface area contributed by atoms with Crippen molar-refractivity contribution >= 4 is 0 Å². The largest absolute Gasteiger partial charge is 0.381 e. The summed E-state index contributed by atoms with van der Waals surface area (Å²) in [6.07, 6.45) is 5.79. The van der Waals surface area contributed by atoms with Gasteiger partial charge in [0.2, 0.25) is 0 Å². The van der Waals surface area contributed by atoms with Crippen molar-refractivity contribution in [1.82, 2.24) is 15.3 Å². The lowest BCUT2D eigenvalue weighted by atomic mass is 9.85. The second-order valence-electron chi connectivity index (χ2n) is 6.42. The van der Waals surface area contributed by atoms with Crippen molar-refractivity contribution in [2.45, 2.75) is 51.9 Å². The summed E-state index contributed by atoms with van der Waals surface area (Å²) in [6.45, 7) is 8.19. The lowest BCUT2D eigenvalue weighted by Crippen LogP contribution is -2.29. The molecule has 0 bridgehead atoms. The average molecular weight is 289 g/mol. The molecule has 0 spiro atoms. The maximum Gasteiger partial charge on any atom is 0.134 e. The number of aryl methyl sites for hydroxylation is 2. The number of ether oxygens (including phenoxy) is 1. The fourth-order valence-electron chi connectivity index (χ4n) is 3.53. The van der Waals surface area contributed by atoms with Crippen LogP contribution in [0, 0.1) is 12.8 Å². The second kappa shape index (κ2) is 6.84. The Labute approximate surface area is 127 Å². The molecule has 116 valence electrons. The molecule has 1 saturated heterocycles. The molecule has 1 aromatic heterocycles. The first-order chi connectivity index (χ1) is 10.3. The smallest absolute Gasteiger partial charge is 0.134 e. The topological polar surface area (TPSA) is 47.0 Å². The molecule has 0 radical (unpaired) electrons. The van der Waals surface area contributed by atoms with E-state index in [1.54, 1.807) is 0 Å². The molecule has 2 atom stereocenters. The zero-order valence-corrected chi connectivity index (χ0v) is 13.3. The molecule has 1 fully saturated rings. The van der Waals surface area contributed by atoms with Gasteiger partial charge in [-0.25, -0.2) is 9.97 Å². The fourth-order valence-corrected chi connectivity index (χ4v) is 3.53. The van der Waals surface area contributed by atoms with Crippen molar-refractivity contribution in [3.63, 3.8) is 0 Å². The Hall–Kier alpha value is -1.00. The Morgan fingerprint density at radius 1 is 1.29 bits per heavy atom. The Morgan fingerprint density at radius 2 is 2.19 bits per heavy atom. The zero-order valence-electron chi connectivity index (χ0n) is 13.3. The molecular weight excluding hydrogens is 262 g/mol. The van der Waals surface area contributed by atoms with E-state index in [2.05, 4.69) is 19.2 Å². The SMILES string of the molecule is CCNCC1CCc2nc(C3CCCOC3)nc(C)c2C1. The molecule has 1 N–H and O–H groups in total. The molecule has 2 aliphatic rings. The monoisotopic (exact) mass is 289 g/mol. The van der Waals surface area contributed by atoms with E-state index in [1.165, 1.54) is 29.8 Å². The summed E-state index contributed by atoms with van der Waals surface area (Å²) in [4.78, 5) is 9.71. The van der Waals surface area contributed by atoms with Gasteiger partial charge in [0, 0.05) is 23.9 Å². The standard InChI is InChI=1S/C17H27N3O/c1-3-18-10-13-6-7-16-15(9-13)12(2)19-17(20-16)14-5-4-8-21-11-14/h13-14,18H,3-11H2,1-2H3. The lowest BCUT2D eigenvalue weighted by molar-refractivity contribution is 0.0779. The molecule has 0 aromatic carbocycles. The first-order valence-electron chi connectivity index (χ1n) is 8.42. The Morgan fingerprint density at radius 3 is 2.95 bits per heavy atom. The fraction of sp³-hybridized carbons (Fsp3) is 0.765. The van der Waals surface area contributed by atoms with Gasteiger partial charge in [-0.1, -0.05) is 6.92 Å². The number of hydrogen-bond donors (Lipinski definition) is 1. The molecule has 2 unspecified atom stereocenters. The maximum atomic E-state index is 5.59. The van der Waals surface area contributed by atoms with Crippen LogP contribution in [0.15, 0.2) is 0 Å². The molecule has 2 heterocycles. The van der Waals surface area contributed by atoms with Crippen LogP contribution in [0.25, 0.3) is 0 Å². The molecule has 1 aliphatic heterocycles. The maximum absolute atomic E-state index is 5.59. The predicted molar refractivity (Wildman–Crippen MR) is 83.6 cm³/mol. The van der Waals surface area contributed by atoms with E-state index in [1.807, 2.05) is 0 Å². The summed E-state index contributed by atoms with van der Waals surface area (Å²) in [6, 6.07) is 0. The van der Waals surface area contributed by atoms with Crippen LogP contribution in [-0.2, 0) is 17.6 Å². The summed E-state index contributed by atoms with van der Waals surface area (Å²) in [5.74, 6) is 2.17. The number of aromatic nitrogens is 2. The molecule has 4 nitrogen and oxygen atoms in total. The van der Waals surface area contributed by atoms with Gasteiger partial charge in [-0.3, -0.25) is 0 Å². The van der Waals surface area contributed by atoms with Gasteiger partial charge in [0.25, 0.3) is 0 Å². The van der Waals surface area contributed by atoms with Crippen molar-refractivity contribution in [3.8, 4) is 0 Å². The minimum absolute atomic E-state index is 0.405. The third-order valence-electron chi connectivity index (χ3n) is 4.81. The van der Waals surface area contributed by atoms with E-state index in [-0.39, 0.29) is 0 Å². The van der Waals surface area contributed by atoms with Gasteiger partial charge in [0.05, 0.1) is 6.61 Å². The van der Waals surface area contributed by atoms with Crippen LogP contribution < -0.4 is 5.32 Å². The summed E-state index contributed by atoms with van der Waals surface area (Å²) >= 11 is 0. The molecule has 3 rings (SSSR count). The van der Waals surface area contributed by atoms with Crippen LogP contribution in [-0.4, -0.2) is 36.3 Å². The number of nitrogens with one attached hydrogen (secondary N) is 1. The molecule has 0 amide bonds. The summed E-state index contributed by atoms with van der Waals surface area (Å²) in [7, 11) is 0. The third kappa shape index (κ3) is 3.43. The van der Waals surface area contributed by atoms with E-state index in [9.17, 15) is 0 Å². The van der Waals surface area contributed by atoms with Crippen molar-refractivity contribution in [2.24, 2.45) is 5.92 Å². The lowest BCUT2D eigenvalue weighted by Gasteiger charge is -2.27. The van der Waals surface area contributed by atoms with Crippen LogP contribution in [0.4, 0.5) is 0 Å². The van der Waals surface area contributed by atoms with Crippen molar-refractivity contribution in [1.29, 1.82) is 0 Å². The molecule has 0 saturated carbocycles. The highest BCUT2D eigenvalue weighted by Crippen LogP contribution is 2.29. The molecule has 4 heteroatoms. The third-order valence-corrected chi connectivity index (χ3v) is 4.81. The van der Waals surface area contributed by atoms with Crippen molar-refractivity contribution < 1.29 is 4.74 Å². The van der Waals surface area contributed by atoms with Gasteiger partial charge in [-0.15, -0.1) is 0 Å². The van der Waals surface area contributed by atoms with Crippen molar-refractivity contribution in [3.05, 3.63) is 22.8 Å². The second-order valence-corrected chi connectivity index (χ2v) is 6.42. The van der Waals surface area contributed by atoms with Crippen LogP contribution in [0.5, 0.6) is 0 Å². The minimum Gasteiger partial charge on any atom is -0.381 e. The van der Waals surface area contributed by atoms with E-state index in [4.69, 9.17) is 14.7 Å². The Bertz CT molecular complexity index is 483. The van der Waals surface area contributed by atoms with E-state index < -0.39 is 0 Å². The molecule has 1 aromatic rings. The van der Waals surface area contributed by atoms with E-state index in [0.29, 0.717) is 5.92 Å². The average Bonchev–Trinajstić information content (AvgIpc) is 2.54. The van der Waals surface area contributed by atoms with Crippen LogP contribution in [0.3, 0.4) is 0 Å². The van der Waals surface area contributed by atoms with Gasteiger partial charge < -0.3 is 10.1 Å². The summed E-state index contributed by atoms with van der Waals surface area (Å²) < 4.78 is 5.59. The van der Waals surface area contributed by atoms with Gasteiger partial charge in [0.1, 0.15) is 5.82 Å². The highest BCUT2D eigenvalue weighted by Gasteiger charge is 2.25. The number of rotatable bonds is 4. The van der Waals surface area contributed by atoms with Crippen molar-refractivity contribution in [2.75, 3.05) is 26.3 Å². The highest BCUT2D eigenvalue weighted by atomic mass is 16.5. The first-order valence-corrected chi connectivity index (χ1v) is 8.42. The predicted octanol–water partition coefficient (Wildman–Crippen LogP) is 2.39. The highest BCUT2D eigenvalue weighted by molar-refractivity contribution is 5.29. The zero-order chi connectivity index (χ0) is 14.7.